The van der Waals surface area contributed by atoms with E-state index in [4.69, 9.17) is 0 Å². The first kappa shape index (κ1) is 12.2. The fourth-order valence-corrected chi connectivity index (χ4v) is 1.04. The SMILES string of the molecule is CNC(=O)CCCCC=CC(C)C. The van der Waals surface area contributed by atoms with Crippen molar-refractivity contribution in [1.82, 2.24) is 5.32 Å². The minimum Gasteiger partial charge on any atom is -0.359 e. The number of carbonyl (C=O) groups is 1. The molecule has 0 spiro atoms. The van der Waals surface area contributed by atoms with E-state index in [1.807, 2.05) is 0 Å². The standard InChI is InChI=1S/C11H21NO/c1-10(2)8-6-4-5-7-9-11(13)12-3/h6,8,10H,4-5,7,9H2,1-3H3,(H,12,13). The number of carbonyl (C=O) groups excluding carboxylic acids is 1. The van der Waals surface area contributed by atoms with Crippen molar-refractivity contribution >= 4 is 5.91 Å². The fourth-order valence-electron chi connectivity index (χ4n) is 1.04. The van der Waals surface area contributed by atoms with Crippen LogP contribution in [0.3, 0.4) is 0 Å². The lowest BCUT2D eigenvalue weighted by molar-refractivity contribution is -0.120. The first-order valence-corrected chi connectivity index (χ1v) is 5.04. The summed E-state index contributed by atoms with van der Waals surface area (Å²) in [5.74, 6) is 0.784. The maximum absolute atomic E-state index is 10.8. The number of hydrogen-bond donors (Lipinski definition) is 1. The molecule has 0 aromatic carbocycles. The lowest BCUT2D eigenvalue weighted by Gasteiger charge is -1.98. The normalized spacial score (nSPS) is 11.1. The Hall–Kier alpha value is -0.790. The van der Waals surface area contributed by atoms with Gasteiger partial charge in [-0.25, -0.2) is 0 Å². The molecule has 0 aliphatic rings. The van der Waals surface area contributed by atoms with E-state index in [1.54, 1.807) is 7.05 Å². The number of rotatable bonds is 6. The maximum Gasteiger partial charge on any atom is 0.219 e. The Morgan fingerprint density at radius 3 is 2.62 bits per heavy atom. The first-order valence-electron chi connectivity index (χ1n) is 5.04. The molecule has 0 unspecified atom stereocenters. The third-order valence-corrected chi connectivity index (χ3v) is 1.82. The van der Waals surface area contributed by atoms with E-state index >= 15 is 0 Å². The molecule has 0 rings (SSSR count). The summed E-state index contributed by atoms with van der Waals surface area (Å²) >= 11 is 0. The topological polar surface area (TPSA) is 29.1 Å². The molecule has 0 aromatic rings. The van der Waals surface area contributed by atoms with Gasteiger partial charge in [0.25, 0.3) is 0 Å². The summed E-state index contributed by atoms with van der Waals surface area (Å²) in [5, 5.41) is 2.62. The van der Waals surface area contributed by atoms with Crippen molar-refractivity contribution in [1.29, 1.82) is 0 Å². The van der Waals surface area contributed by atoms with E-state index in [-0.39, 0.29) is 5.91 Å². The Kier molecular flexibility index (Phi) is 7.36. The Balaban J connectivity index is 3.22. The van der Waals surface area contributed by atoms with Crippen LogP contribution in [0.1, 0.15) is 39.5 Å². The molecular weight excluding hydrogens is 162 g/mol. The fraction of sp³-hybridized carbons (Fsp3) is 0.727. The number of nitrogens with one attached hydrogen (secondary N) is 1. The molecule has 0 radical (unpaired) electrons. The van der Waals surface area contributed by atoms with Crippen LogP contribution in [0, 0.1) is 5.92 Å². The quantitative estimate of drug-likeness (QED) is 0.497. The molecule has 0 bridgehead atoms. The van der Waals surface area contributed by atoms with E-state index in [9.17, 15) is 4.79 Å². The van der Waals surface area contributed by atoms with Crippen LogP contribution in [0.4, 0.5) is 0 Å². The van der Waals surface area contributed by atoms with Crippen molar-refractivity contribution < 1.29 is 4.79 Å². The number of amides is 1. The monoisotopic (exact) mass is 183 g/mol. The second kappa shape index (κ2) is 7.84. The van der Waals surface area contributed by atoms with E-state index in [0.717, 1.165) is 19.3 Å². The third kappa shape index (κ3) is 9.12. The number of unbranched alkanes of at least 4 members (excludes halogenated alkanes) is 2. The van der Waals surface area contributed by atoms with Gasteiger partial charge in [-0.1, -0.05) is 26.0 Å². The zero-order chi connectivity index (χ0) is 10.1. The average Bonchev–Trinajstić information content (AvgIpc) is 2.10. The molecule has 1 N–H and O–H groups in total. The van der Waals surface area contributed by atoms with Crippen LogP contribution in [-0.4, -0.2) is 13.0 Å². The summed E-state index contributed by atoms with van der Waals surface area (Å²) in [4.78, 5) is 10.8. The highest BCUT2D eigenvalue weighted by Crippen LogP contribution is 2.02. The molecule has 0 aromatic heterocycles. The number of hydrogen-bond acceptors (Lipinski definition) is 1. The molecule has 0 saturated carbocycles. The zero-order valence-electron chi connectivity index (χ0n) is 8.97. The highest BCUT2D eigenvalue weighted by atomic mass is 16.1. The molecule has 13 heavy (non-hydrogen) atoms. The molecule has 2 nitrogen and oxygen atoms in total. The Morgan fingerprint density at radius 2 is 2.08 bits per heavy atom. The molecule has 2 heteroatoms. The van der Waals surface area contributed by atoms with Crippen molar-refractivity contribution in [3.63, 3.8) is 0 Å². The van der Waals surface area contributed by atoms with Gasteiger partial charge in [0.1, 0.15) is 0 Å². The van der Waals surface area contributed by atoms with Gasteiger partial charge >= 0.3 is 0 Å². The van der Waals surface area contributed by atoms with Crippen molar-refractivity contribution in [3.05, 3.63) is 12.2 Å². The smallest absolute Gasteiger partial charge is 0.219 e. The Bertz CT molecular complexity index is 161. The van der Waals surface area contributed by atoms with E-state index in [0.29, 0.717) is 12.3 Å². The first-order chi connectivity index (χ1) is 6.16. The lowest BCUT2D eigenvalue weighted by atomic mass is 10.1. The third-order valence-electron chi connectivity index (χ3n) is 1.82. The molecule has 1 amide bonds. The number of allylic oxidation sites excluding steroid dienone is 2. The average molecular weight is 183 g/mol. The van der Waals surface area contributed by atoms with Crippen molar-refractivity contribution in [2.45, 2.75) is 39.5 Å². The van der Waals surface area contributed by atoms with Gasteiger partial charge in [-0.3, -0.25) is 4.79 Å². The van der Waals surface area contributed by atoms with Gasteiger partial charge in [0.15, 0.2) is 0 Å². The van der Waals surface area contributed by atoms with Crippen molar-refractivity contribution in [2.75, 3.05) is 7.05 Å². The summed E-state index contributed by atoms with van der Waals surface area (Å²) in [6.45, 7) is 4.34. The molecule has 0 aliphatic carbocycles. The van der Waals surface area contributed by atoms with E-state index < -0.39 is 0 Å². The van der Waals surface area contributed by atoms with Gasteiger partial charge in [-0.15, -0.1) is 0 Å². The lowest BCUT2D eigenvalue weighted by Crippen LogP contribution is -2.16. The maximum atomic E-state index is 10.8. The van der Waals surface area contributed by atoms with Crippen molar-refractivity contribution in [2.24, 2.45) is 5.92 Å². The molecule has 0 fully saturated rings. The predicted octanol–water partition coefficient (Wildman–Crippen LogP) is 2.51. The van der Waals surface area contributed by atoms with E-state index in [1.165, 1.54) is 0 Å². The summed E-state index contributed by atoms with van der Waals surface area (Å²) < 4.78 is 0. The second-order valence-corrected chi connectivity index (χ2v) is 3.59. The largest absolute Gasteiger partial charge is 0.359 e. The summed E-state index contributed by atoms with van der Waals surface area (Å²) in [7, 11) is 1.68. The summed E-state index contributed by atoms with van der Waals surface area (Å²) in [6, 6.07) is 0. The van der Waals surface area contributed by atoms with Crippen LogP contribution >= 0.6 is 0 Å². The van der Waals surface area contributed by atoms with Gasteiger partial charge in [0, 0.05) is 13.5 Å². The minimum atomic E-state index is 0.146. The van der Waals surface area contributed by atoms with E-state index in [2.05, 4.69) is 31.3 Å². The van der Waals surface area contributed by atoms with Crippen LogP contribution in [-0.2, 0) is 4.79 Å². The summed E-state index contributed by atoms with van der Waals surface area (Å²) in [6.07, 6.45) is 8.26. The Morgan fingerprint density at radius 1 is 1.38 bits per heavy atom. The van der Waals surface area contributed by atoms with Gasteiger partial charge in [-0.05, 0) is 25.2 Å². The van der Waals surface area contributed by atoms with Gasteiger partial charge in [-0.2, -0.15) is 0 Å². The molecule has 0 atom stereocenters. The molecule has 0 saturated heterocycles. The highest BCUT2D eigenvalue weighted by molar-refractivity contribution is 5.75. The highest BCUT2D eigenvalue weighted by Gasteiger charge is 1.95. The van der Waals surface area contributed by atoms with Crippen LogP contribution in [0.5, 0.6) is 0 Å². The van der Waals surface area contributed by atoms with Crippen LogP contribution < -0.4 is 5.32 Å². The van der Waals surface area contributed by atoms with Gasteiger partial charge < -0.3 is 5.32 Å². The molecule has 0 heterocycles. The molecule has 76 valence electrons. The van der Waals surface area contributed by atoms with Crippen LogP contribution in [0.25, 0.3) is 0 Å². The van der Waals surface area contributed by atoms with Crippen molar-refractivity contribution in [3.8, 4) is 0 Å². The molecular formula is C11H21NO. The summed E-state index contributed by atoms with van der Waals surface area (Å²) in [5.41, 5.74) is 0. The van der Waals surface area contributed by atoms with Crippen LogP contribution in [0.15, 0.2) is 12.2 Å². The van der Waals surface area contributed by atoms with Gasteiger partial charge in [0.05, 0.1) is 0 Å². The Labute approximate surface area is 81.4 Å². The van der Waals surface area contributed by atoms with Crippen LogP contribution in [0.2, 0.25) is 0 Å². The zero-order valence-corrected chi connectivity index (χ0v) is 8.97. The minimum absolute atomic E-state index is 0.146. The molecule has 0 aliphatic heterocycles. The predicted molar refractivity (Wildman–Crippen MR) is 56.5 cm³/mol. The second-order valence-electron chi connectivity index (χ2n) is 3.59. The van der Waals surface area contributed by atoms with Gasteiger partial charge in [0.2, 0.25) is 5.91 Å².